The standard InChI is InChI=1S/C14H14BrFN2/c1-9(10-2-4-11(16)5-3-10)18-14-7-6-12(17)8-13(14)15/h2-9,18H,17H2,1H3. The summed E-state index contributed by atoms with van der Waals surface area (Å²) in [5.74, 6) is -0.223. The molecule has 0 bridgehead atoms. The summed E-state index contributed by atoms with van der Waals surface area (Å²) in [6.45, 7) is 2.02. The average Bonchev–Trinajstić information content (AvgIpc) is 2.33. The number of nitrogen functional groups attached to an aromatic ring is 1. The molecular formula is C14H14BrFN2. The van der Waals surface area contributed by atoms with Crippen molar-refractivity contribution in [1.29, 1.82) is 0 Å². The summed E-state index contributed by atoms with van der Waals surface area (Å²) in [6.07, 6.45) is 0. The molecule has 2 rings (SSSR count). The van der Waals surface area contributed by atoms with Crippen LogP contribution in [0.1, 0.15) is 18.5 Å². The highest BCUT2D eigenvalue weighted by Gasteiger charge is 2.07. The molecule has 1 atom stereocenters. The predicted molar refractivity (Wildman–Crippen MR) is 77.0 cm³/mol. The molecule has 2 aromatic carbocycles. The minimum absolute atomic E-state index is 0.0884. The lowest BCUT2D eigenvalue weighted by atomic mass is 10.1. The molecule has 0 radical (unpaired) electrons. The molecule has 0 aliphatic carbocycles. The minimum Gasteiger partial charge on any atom is -0.399 e. The van der Waals surface area contributed by atoms with Gasteiger partial charge in [-0.3, -0.25) is 0 Å². The second kappa shape index (κ2) is 5.40. The molecular weight excluding hydrogens is 295 g/mol. The Kier molecular flexibility index (Phi) is 3.87. The fourth-order valence-corrected chi connectivity index (χ4v) is 2.23. The maximum Gasteiger partial charge on any atom is 0.123 e. The zero-order chi connectivity index (χ0) is 13.1. The summed E-state index contributed by atoms with van der Waals surface area (Å²) in [5.41, 5.74) is 8.38. The summed E-state index contributed by atoms with van der Waals surface area (Å²) in [7, 11) is 0. The molecule has 0 saturated heterocycles. The van der Waals surface area contributed by atoms with E-state index in [0.717, 1.165) is 15.7 Å². The van der Waals surface area contributed by atoms with Crippen LogP contribution in [0.25, 0.3) is 0 Å². The molecule has 1 unspecified atom stereocenters. The van der Waals surface area contributed by atoms with E-state index in [2.05, 4.69) is 21.2 Å². The van der Waals surface area contributed by atoms with E-state index in [1.54, 1.807) is 12.1 Å². The zero-order valence-corrected chi connectivity index (χ0v) is 11.5. The Morgan fingerprint density at radius 3 is 2.44 bits per heavy atom. The first-order valence-electron chi connectivity index (χ1n) is 5.63. The monoisotopic (exact) mass is 308 g/mol. The molecule has 0 aliphatic heterocycles. The highest BCUT2D eigenvalue weighted by Crippen LogP contribution is 2.28. The second-order valence-electron chi connectivity index (χ2n) is 4.16. The van der Waals surface area contributed by atoms with Crippen LogP contribution < -0.4 is 11.1 Å². The van der Waals surface area contributed by atoms with Crippen molar-refractivity contribution >= 4 is 27.3 Å². The Hall–Kier alpha value is -1.55. The molecule has 0 heterocycles. The fraction of sp³-hybridized carbons (Fsp3) is 0.143. The predicted octanol–water partition coefficient (Wildman–Crippen LogP) is 4.34. The van der Waals surface area contributed by atoms with Gasteiger partial charge in [-0.05, 0) is 58.7 Å². The van der Waals surface area contributed by atoms with Crippen LogP contribution >= 0.6 is 15.9 Å². The molecule has 3 N–H and O–H groups in total. The number of nitrogens with two attached hydrogens (primary N) is 1. The molecule has 4 heteroatoms. The zero-order valence-electron chi connectivity index (χ0n) is 9.95. The first kappa shape index (κ1) is 12.9. The molecule has 0 saturated carbocycles. The van der Waals surface area contributed by atoms with E-state index in [4.69, 9.17) is 5.73 Å². The van der Waals surface area contributed by atoms with Gasteiger partial charge in [0.25, 0.3) is 0 Å². The van der Waals surface area contributed by atoms with E-state index < -0.39 is 0 Å². The van der Waals surface area contributed by atoms with Gasteiger partial charge in [0, 0.05) is 21.9 Å². The van der Waals surface area contributed by atoms with Gasteiger partial charge in [0.15, 0.2) is 0 Å². The van der Waals surface area contributed by atoms with Gasteiger partial charge in [-0.25, -0.2) is 4.39 Å². The summed E-state index contributed by atoms with van der Waals surface area (Å²) in [4.78, 5) is 0. The van der Waals surface area contributed by atoms with E-state index in [9.17, 15) is 4.39 Å². The number of nitrogens with one attached hydrogen (secondary N) is 1. The van der Waals surface area contributed by atoms with Gasteiger partial charge in [-0.1, -0.05) is 12.1 Å². The number of anilines is 2. The molecule has 2 nitrogen and oxygen atoms in total. The van der Waals surface area contributed by atoms with Gasteiger partial charge in [0.1, 0.15) is 5.82 Å². The quantitative estimate of drug-likeness (QED) is 0.828. The molecule has 0 amide bonds. The first-order chi connectivity index (χ1) is 8.56. The van der Waals surface area contributed by atoms with E-state index in [1.165, 1.54) is 12.1 Å². The van der Waals surface area contributed by atoms with Crippen molar-refractivity contribution in [2.75, 3.05) is 11.1 Å². The second-order valence-corrected chi connectivity index (χ2v) is 5.01. The van der Waals surface area contributed by atoms with Crippen LogP contribution in [0, 0.1) is 5.82 Å². The van der Waals surface area contributed by atoms with Crippen LogP contribution in [0.2, 0.25) is 0 Å². The molecule has 2 aromatic rings. The van der Waals surface area contributed by atoms with Crippen molar-refractivity contribution in [3.63, 3.8) is 0 Å². The van der Waals surface area contributed by atoms with Crippen molar-refractivity contribution in [2.45, 2.75) is 13.0 Å². The topological polar surface area (TPSA) is 38.0 Å². The number of rotatable bonds is 3. The lowest BCUT2D eigenvalue weighted by Crippen LogP contribution is -2.07. The largest absolute Gasteiger partial charge is 0.399 e. The van der Waals surface area contributed by atoms with Gasteiger partial charge in [0.2, 0.25) is 0 Å². The Labute approximate surface area is 114 Å². The lowest BCUT2D eigenvalue weighted by molar-refractivity contribution is 0.626. The van der Waals surface area contributed by atoms with Crippen LogP contribution in [-0.2, 0) is 0 Å². The SMILES string of the molecule is CC(Nc1ccc(N)cc1Br)c1ccc(F)cc1. The number of benzene rings is 2. The highest BCUT2D eigenvalue weighted by molar-refractivity contribution is 9.10. The summed E-state index contributed by atoms with van der Waals surface area (Å²) in [5, 5.41) is 3.35. The molecule has 0 aliphatic rings. The third-order valence-electron chi connectivity index (χ3n) is 2.74. The van der Waals surface area contributed by atoms with E-state index in [-0.39, 0.29) is 11.9 Å². The molecule has 94 valence electrons. The molecule has 18 heavy (non-hydrogen) atoms. The molecule has 0 fully saturated rings. The Balaban J connectivity index is 2.15. The maximum absolute atomic E-state index is 12.8. The molecule has 0 spiro atoms. The van der Waals surface area contributed by atoms with Crippen molar-refractivity contribution in [3.05, 3.63) is 58.3 Å². The van der Waals surface area contributed by atoms with Crippen molar-refractivity contribution < 1.29 is 4.39 Å². The van der Waals surface area contributed by atoms with Gasteiger partial charge < -0.3 is 11.1 Å². The van der Waals surface area contributed by atoms with E-state index in [0.29, 0.717) is 5.69 Å². The molecule has 0 aromatic heterocycles. The van der Waals surface area contributed by atoms with E-state index in [1.807, 2.05) is 25.1 Å². The van der Waals surface area contributed by atoms with Crippen LogP contribution in [0.3, 0.4) is 0 Å². The first-order valence-corrected chi connectivity index (χ1v) is 6.42. The average molecular weight is 309 g/mol. The van der Waals surface area contributed by atoms with E-state index >= 15 is 0 Å². The summed E-state index contributed by atoms with van der Waals surface area (Å²) < 4.78 is 13.8. The van der Waals surface area contributed by atoms with Crippen LogP contribution in [0.5, 0.6) is 0 Å². The number of hydrogen-bond donors (Lipinski definition) is 2. The third-order valence-corrected chi connectivity index (χ3v) is 3.39. The fourth-order valence-electron chi connectivity index (χ4n) is 1.72. The lowest BCUT2D eigenvalue weighted by Gasteiger charge is -2.17. The summed E-state index contributed by atoms with van der Waals surface area (Å²) in [6, 6.07) is 12.2. The highest BCUT2D eigenvalue weighted by atomic mass is 79.9. The minimum atomic E-state index is -0.223. The third kappa shape index (κ3) is 3.01. The maximum atomic E-state index is 12.8. The van der Waals surface area contributed by atoms with Crippen molar-refractivity contribution in [1.82, 2.24) is 0 Å². The van der Waals surface area contributed by atoms with Crippen molar-refractivity contribution in [3.8, 4) is 0 Å². The number of halogens is 2. The Bertz CT molecular complexity index is 540. The summed E-state index contributed by atoms with van der Waals surface area (Å²) >= 11 is 3.46. The van der Waals surface area contributed by atoms with Crippen LogP contribution in [-0.4, -0.2) is 0 Å². The Morgan fingerprint density at radius 1 is 1.17 bits per heavy atom. The van der Waals surface area contributed by atoms with Gasteiger partial charge in [-0.15, -0.1) is 0 Å². The van der Waals surface area contributed by atoms with Gasteiger partial charge in [-0.2, -0.15) is 0 Å². The van der Waals surface area contributed by atoms with Crippen LogP contribution in [0.15, 0.2) is 46.9 Å². The van der Waals surface area contributed by atoms with Gasteiger partial charge >= 0.3 is 0 Å². The normalized spacial score (nSPS) is 12.2. The Morgan fingerprint density at radius 2 is 1.83 bits per heavy atom. The smallest absolute Gasteiger partial charge is 0.123 e. The number of hydrogen-bond acceptors (Lipinski definition) is 2. The van der Waals surface area contributed by atoms with Crippen LogP contribution in [0.4, 0.5) is 15.8 Å². The van der Waals surface area contributed by atoms with Gasteiger partial charge in [0.05, 0.1) is 0 Å². The van der Waals surface area contributed by atoms with Crippen molar-refractivity contribution in [2.24, 2.45) is 0 Å².